The normalized spacial score (nSPS) is 12.2. The Hall–Kier alpha value is -1.67. The van der Waals surface area contributed by atoms with E-state index in [1.54, 1.807) is 16.9 Å². The Bertz CT molecular complexity index is 677. The summed E-state index contributed by atoms with van der Waals surface area (Å²) in [6.45, 7) is 2.20. The van der Waals surface area contributed by atoms with Crippen LogP contribution in [0.5, 0.6) is 0 Å². The van der Waals surface area contributed by atoms with Crippen LogP contribution in [0.3, 0.4) is 0 Å². The molecule has 7 nitrogen and oxygen atoms in total. The molecular weight excluding hydrogens is 266 g/mol. The first-order valence-corrected chi connectivity index (χ1v) is 7.46. The molecule has 2 rings (SSSR count). The largest absolute Gasteiger partial charge is 0.367 e. The van der Waals surface area contributed by atoms with Gasteiger partial charge in [0.05, 0.1) is 11.4 Å². The number of aromatic nitrogens is 3. The lowest BCUT2D eigenvalue weighted by Crippen LogP contribution is -2.28. The Morgan fingerprint density at radius 1 is 1.42 bits per heavy atom. The van der Waals surface area contributed by atoms with Gasteiger partial charge in [-0.1, -0.05) is 0 Å². The average molecular weight is 283 g/mol. The van der Waals surface area contributed by atoms with Gasteiger partial charge in [-0.25, -0.2) is 22.2 Å². The van der Waals surface area contributed by atoms with E-state index in [4.69, 9.17) is 0 Å². The minimum absolute atomic E-state index is 0.0237. The third-order valence-electron chi connectivity index (χ3n) is 2.72. The molecule has 0 amide bonds. The molecule has 0 saturated carbocycles. The first-order valence-electron chi connectivity index (χ1n) is 5.85. The van der Waals surface area contributed by atoms with Crippen molar-refractivity contribution in [1.29, 1.82) is 0 Å². The number of aryl methyl sites for hydroxylation is 1. The van der Waals surface area contributed by atoms with E-state index in [1.807, 2.05) is 13.0 Å². The van der Waals surface area contributed by atoms with Crippen LogP contribution in [0.1, 0.15) is 5.69 Å². The first kappa shape index (κ1) is 13.8. The molecule has 0 aliphatic rings. The fourth-order valence-electron chi connectivity index (χ4n) is 1.66. The molecule has 2 heterocycles. The molecule has 104 valence electrons. The second kappa shape index (κ2) is 5.14. The molecule has 0 radical (unpaired) electrons. The molecule has 19 heavy (non-hydrogen) atoms. The van der Waals surface area contributed by atoms with Gasteiger partial charge >= 0.3 is 0 Å². The zero-order valence-electron chi connectivity index (χ0n) is 11.2. The summed E-state index contributed by atoms with van der Waals surface area (Å²) < 4.78 is 26.2. The molecule has 0 aliphatic heterocycles. The van der Waals surface area contributed by atoms with E-state index in [1.165, 1.54) is 18.4 Å². The van der Waals surface area contributed by atoms with E-state index in [-0.39, 0.29) is 5.75 Å². The third kappa shape index (κ3) is 3.02. The summed E-state index contributed by atoms with van der Waals surface area (Å²) in [5, 5.41) is 7.30. The Labute approximate surface area is 112 Å². The van der Waals surface area contributed by atoms with Gasteiger partial charge in [-0.05, 0) is 13.0 Å². The molecular formula is C11H17N5O2S. The molecule has 2 aromatic heterocycles. The smallest absolute Gasteiger partial charge is 0.215 e. The van der Waals surface area contributed by atoms with Crippen molar-refractivity contribution in [1.82, 2.24) is 18.9 Å². The number of sulfonamides is 1. The van der Waals surface area contributed by atoms with E-state index < -0.39 is 10.0 Å². The molecule has 1 N–H and O–H groups in total. The maximum Gasteiger partial charge on any atom is 0.215 e. The third-order valence-corrected chi connectivity index (χ3v) is 4.55. The first-order chi connectivity index (χ1) is 8.90. The van der Waals surface area contributed by atoms with E-state index >= 15 is 0 Å². The zero-order chi connectivity index (χ0) is 14.0. The molecule has 0 aliphatic carbocycles. The number of fused-ring (bicyclic) bond motifs is 1. The average Bonchev–Trinajstić information content (AvgIpc) is 2.70. The summed E-state index contributed by atoms with van der Waals surface area (Å²) in [6.07, 6.45) is 3.38. The summed E-state index contributed by atoms with van der Waals surface area (Å²) in [6, 6.07) is 1.90. The van der Waals surface area contributed by atoms with Crippen molar-refractivity contribution in [2.24, 2.45) is 0 Å². The van der Waals surface area contributed by atoms with Crippen molar-refractivity contribution in [2.45, 2.75) is 6.92 Å². The van der Waals surface area contributed by atoms with Crippen molar-refractivity contribution >= 4 is 21.4 Å². The molecule has 0 fully saturated rings. The van der Waals surface area contributed by atoms with Crippen LogP contribution in [0.15, 0.2) is 18.5 Å². The van der Waals surface area contributed by atoms with E-state index in [9.17, 15) is 8.42 Å². The number of rotatable bonds is 5. The van der Waals surface area contributed by atoms with Crippen LogP contribution in [0.25, 0.3) is 5.52 Å². The second-order valence-electron chi connectivity index (χ2n) is 4.42. The highest BCUT2D eigenvalue weighted by atomic mass is 32.2. The summed E-state index contributed by atoms with van der Waals surface area (Å²) in [4.78, 5) is 4.20. The maximum atomic E-state index is 11.6. The minimum Gasteiger partial charge on any atom is -0.367 e. The molecule has 0 unspecified atom stereocenters. The van der Waals surface area contributed by atoms with E-state index in [0.29, 0.717) is 12.4 Å². The van der Waals surface area contributed by atoms with Crippen LogP contribution in [0, 0.1) is 6.92 Å². The highest BCUT2D eigenvalue weighted by Gasteiger charge is 2.13. The number of hydrogen-bond acceptors (Lipinski definition) is 5. The standard InChI is InChI=1S/C11H17N5O2S/c1-9-8-10-11(12-4-6-16(10)14-9)13-5-7-19(17,18)15(2)3/h4,6,8H,5,7H2,1-3H3,(H,12,13). The summed E-state index contributed by atoms with van der Waals surface area (Å²) >= 11 is 0. The van der Waals surface area contributed by atoms with E-state index in [0.717, 1.165) is 11.2 Å². The number of hydrogen-bond donors (Lipinski definition) is 1. The Morgan fingerprint density at radius 2 is 2.16 bits per heavy atom. The van der Waals surface area contributed by atoms with E-state index in [2.05, 4.69) is 15.4 Å². The van der Waals surface area contributed by atoms with Crippen molar-refractivity contribution in [3.05, 3.63) is 24.2 Å². The quantitative estimate of drug-likeness (QED) is 0.856. The fraction of sp³-hybridized carbons (Fsp3) is 0.455. The highest BCUT2D eigenvalue weighted by molar-refractivity contribution is 7.89. The number of nitrogens with zero attached hydrogens (tertiary/aromatic N) is 4. The summed E-state index contributed by atoms with van der Waals surface area (Å²) in [5.74, 6) is 0.660. The van der Waals surface area contributed by atoms with Gasteiger partial charge in [0.1, 0.15) is 5.52 Å². The molecule has 0 spiro atoms. The van der Waals surface area contributed by atoms with Crippen molar-refractivity contribution in [2.75, 3.05) is 31.7 Å². The summed E-state index contributed by atoms with van der Waals surface area (Å²) in [5.41, 5.74) is 1.72. The molecule has 0 saturated heterocycles. The topological polar surface area (TPSA) is 79.6 Å². The van der Waals surface area contributed by atoms with Crippen molar-refractivity contribution in [3.8, 4) is 0 Å². The molecule has 8 heteroatoms. The fourth-order valence-corrected chi connectivity index (χ4v) is 2.39. The van der Waals surface area contributed by atoms with Gasteiger partial charge in [0, 0.05) is 33.0 Å². The van der Waals surface area contributed by atoms with Crippen LogP contribution in [-0.4, -0.2) is 53.7 Å². The maximum absolute atomic E-state index is 11.6. The van der Waals surface area contributed by atoms with Gasteiger partial charge in [-0.2, -0.15) is 5.10 Å². The number of anilines is 1. The van der Waals surface area contributed by atoms with Crippen LogP contribution in [0.4, 0.5) is 5.82 Å². The monoisotopic (exact) mass is 283 g/mol. The van der Waals surface area contributed by atoms with Gasteiger partial charge < -0.3 is 5.32 Å². The predicted molar refractivity (Wildman–Crippen MR) is 73.7 cm³/mol. The minimum atomic E-state index is -3.20. The van der Waals surface area contributed by atoms with Gasteiger partial charge in [0.2, 0.25) is 10.0 Å². The predicted octanol–water partition coefficient (Wildman–Crippen LogP) is 0.341. The second-order valence-corrected chi connectivity index (χ2v) is 6.72. The van der Waals surface area contributed by atoms with Gasteiger partial charge in [-0.15, -0.1) is 0 Å². The lowest BCUT2D eigenvalue weighted by atomic mass is 10.4. The van der Waals surface area contributed by atoms with Crippen LogP contribution in [0.2, 0.25) is 0 Å². The SMILES string of the molecule is Cc1cc2c(NCCS(=O)(=O)N(C)C)nccn2n1. The van der Waals surface area contributed by atoms with Gasteiger partial charge in [-0.3, -0.25) is 0 Å². The molecule has 0 aromatic carbocycles. The van der Waals surface area contributed by atoms with Gasteiger partial charge in [0.25, 0.3) is 0 Å². The number of nitrogens with one attached hydrogen (secondary N) is 1. The van der Waals surface area contributed by atoms with Crippen molar-refractivity contribution in [3.63, 3.8) is 0 Å². The van der Waals surface area contributed by atoms with Crippen molar-refractivity contribution < 1.29 is 8.42 Å². The molecule has 0 atom stereocenters. The Morgan fingerprint density at radius 3 is 2.84 bits per heavy atom. The van der Waals surface area contributed by atoms with Crippen LogP contribution in [-0.2, 0) is 10.0 Å². The molecule has 2 aromatic rings. The highest BCUT2D eigenvalue weighted by Crippen LogP contribution is 2.14. The van der Waals surface area contributed by atoms with Crippen LogP contribution >= 0.6 is 0 Å². The zero-order valence-corrected chi connectivity index (χ0v) is 12.0. The molecule has 0 bridgehead atoms. The Balaban J connectivity index is 2.10. The Kier molecular flexibility index (Phi) is 3.72. The lowest BCUT2D eigenvalue weighted by Gasteiger charge is -2.12. The van der Waals surface area contributed by atoms with Crippen LogP contribution < -0.4 is 5.32 Å². The summed E-state index contributed by atoms with van der Waals surface area (Å²) in [7, 11) is -0.151. The van der Waals surface area contributed by atoms with Gasteiger partial charge in [0.15, 0.2) is 5.82 Å². The lowest BCUT2D eigenvalue weighted by molar-refractivity contribution is 0.521.